The van der Waals surface area contributed by atoms with Gasteiger partial charge in [0, 0.05) is 23.5 Å². The second-order valence-corrected chi connectivity index (χ2v) is 3.47. The number of nitrogens with zero attached hydrogens (tertiary/aromatic N) is 1. The topological polar surface area (TPSA) is 108 Å². The van der Waals surface area contributed by atoms with Crippen molar-refractivity contribution in [3.63, 3.8) is 0 Å². The number of carbonyl (C=O) groups is 1. The molecule has 0 aliphatic carbocycles. The average molecular weight is 186 g/mol. The van der Waals surface area contributed by atoms with E-state index in [2.05, 4.69) is 4.98 Å². The highest BCUT2D eigenvalue weighted by Gasteiger charge is 2.11. The Morgan fingerprint density at radius 2 is 2.42 bits per heavy atom. The third-order valence-corrected chi connectivity index (χ3v) is 2.29. The molecule has 0 aliphatic heterocycles. The highest BCUT2D eigenvalue weighted by atomic mass is 32.1. The van der Waals surface area contributed by atoms with Crippen LogP contribution in [-0.2, 0) is 4.79 Å². The summed E-state index contributed by atoms with van der Waals surface area (Å²) in [7, 11) is 0. The monoisotopic (exact) mass is 186 g/mol. The Bertz CT molecular complexity index is 285. The number of thiazole rings is 1. The van der Waals surface area contributed by atoms with Gasteiger partial charge in [0.15, 0.2) is 5.13 Å². The molecule has 6 N–H and O–H groups in total. The minimum Gasteiger partial charge on any atom is -0.375 e. The van der Waals surface area contributed by atoms with Gasteiger partial charge in [-0.25, -0.2) is 4.98 Å². The molecule has 0 fully saturated rings. The number of carbonyl (C=O) groups excluding carboxylic acids is 1. The van der Waals surface area contributed by atoms with Crippen LogP contribution in [-0.4, -0.2) is 10.9 Å². The highest BCUT2D eigenvalue weighted by Crippen LogP contribution is 2.22. The number of nitrogen functional groups attached to an aromatic ring is 1. The van der Waals surface area contributed by atoms with Crippen molar-refractivity contribution in [1.82, 2.24) is 4.98 Å². The maximum absolute atomic E-state index is 10.5. The van der Waals surface area contributed by atoms with E-state index in [1.54, 1.807) is 6.20 Å². The van der Waals surface area contributed by atoms with Crippen LogP contribution >= 0.6 is 11.3 Å². The van der Waals surface area contributed by atoms with Crippen molar-refractivity contribution in [2.75, 3.05) is 5.73 Å². The van der Waals surface area contributed by atoms with E-state index >= 15 is 0 Å². The fraction of sp³-hybridized carbons (Fsp3) is 0.333. The summed E-state index contributed by atoms with van der Waals surface area (Å²) in [4.78, 5) is 15.1. The SMILES string of the molecule is NC(=O)CC(N)c1cnc(N)s1. The summed E-state index contributed by atoms with van der Waals surface area (Å²) < 4.78 is 0. The summed E-state index contributed by atoms with van der Waals surface area (Å²) >= 11 is 1.27. The Balaban J connectivity index is 2.64. The second-order valence-electron chi connectivity index (χ2n) is 2.38. The van der Waals surface area contributed by atoms with Crippen molar-refractivity contribution in [3.05, 3.63) is 11.1 Å². The number of primary amides is 1. The summed E-state index contributed by atoms with van der Waals surface area (Å²) in [6.45, 7) is 0. The van der Waals surface area contributed by atoms with Gasteiger partial charge in [-0.1, -0.05) is 0 Å². The summed E-state index contributed by atoms with van der Waals surface area (Å²) in [6, 6.07) is -0.378. The molecule has 66 valence electrons. The van der Waals surface area contributed by atoms with Gasteiger partial charge in [-0.2, -0.15) is 0 Å². The fourth-order valence-electron chi connectivity index (χ4n) is 0.789. The molecule has 1 aromatic heterocycles. The Hall–Kier alpha value is -1.14. The zero-order valence-corrected chi connectivity index (χ0v) is 7.17. The molecule has 1 atom stereocenters. The zero-order chi connectivity index (χ0) is 9.14. The first-order valence-electron chi connectivity index (χ1n) is 3.34. The van der Waals surface area contributed by atoms with E-state index in [1.165, 1.54) is 11.3 Å². The molecule has 5 nitrogen and oxygen atoms in total. The molecule has 6 heteroatoms. The molecule has 0 spiro atoms. The normalized spacial score (nSPS) is 12.8. The minimum absolute atomic E-state index is 0.127. The lowest BCUT2D eigenvalue weighted by Gasteiger charge is -2.03. The molecule has 1 heterocycles. The predicted octanol–water partition coefficient (Wildman–Crippen LogP) is -0.400. The minimum atomic E-state index is -0.422. The first-order chi connectivity index (χ1) is 5.59. The number of anilines is 1. The summed E-state index contributed by atoms with van der Waals surface area (Å²) in [5, 5.41) is 0.449. The third-order valence-electron chi connectivity index (χ3n) is 1.33. The van der Waals surface area contributed by atoms with Gasteiger partial charge in [-0.05, 0) is 0 Å². The number of rotatable bonds is 3. The fourth-order valence-corrected chi connectivity index (χ4v) is 1.48. The number of nitrogens with two attached hydrogens (primary N) is 3. The van der Waals surface area contributed by atoms with Gasteiger partial charge in [-0.15, -0.1) is 11.3 Å². The molecule has 1 aromatic rings. The van der Waals surface area contributed by atoms with Crippen molar-refractivity contribution < 1.29 is 4.79 Å². The Morgan fingerprint density at radius 3 is 2.83 bits per heavy atom. The van der Waals surface area contributed by atoms with E-state index in [0.29, 0.717) is 5.13 Å². The van der Waals surface area contributed by atoms with Crippen LogP contribution in [0.25, 0.3) is 0 Å². The molecule has 1 unspecified atom stereocenters. The van der Waals surface area contributed by atoms with Crippen molar-refractivity contribution in [2.24, 2.45) is 11.5 Å². The average Bonchev–Trinajstić information content (AvgIpc) is 2.34. The van der Waals surface area contributed by atoms with Crippen molar-refractivity contribution in [2.45, 2.75) is 12.5 Å². The Morgan fingerprint density at radius 1 is 1.75 bits per heavy atom. The first kappa shape index (κ1) is 8.95. The number of aromatic nitrogens is 1. The van der Waals surface area contributed by atoms with Gasteiger partial charge < -0.3 is 17.2 Å². The van der Waals surface area contributed by atoms with Crippen LogP contribution in [0.4, 0.5) is 5.13 Å². The smallest absolute Gasteiger partial charge is 0.219 e. The standard InChI is InChI=1S/C6H10N4OS/c7-3(1-5(8)11)4-2-10-6(9)12-4/h2-3H,1,7H2,(H2,8,11)(H2,9,10). The highest BCUT2D eigenvalue weighted by molar-refractivity contribution is 7.15. The molecule has 0 aromatic carbocycles. The van der Waals surface area contributed by atoms with Gasteiger partial charge in [0.1, 0.15) is 0 Å². The Kier molecular flexibility index (Phi) is 2.61. The lowest BCUT2D eigenvalue weighted by atomic mass is 10.2. The van der Waals surface area contributed by atoms with Crippen LogP contribution in [0.3, 0.4) is 0 Å². The number of hydrogen-bond acceptors (Lipinski definition) is 5. The molecule has 12 heavy (non-hydrogen) atoms. The lowest BCUT2D eigenvalue weighted by Crippen LogP contribution is -2.19. The summed E-state index contributed by atoms with van der Waals surface area (Å²) in [5.74, 6) is -0.422. The van der Waals surface area contributed by atoms with Crippen molar-refractivity contribution in [1.29, 1.82) is 0 Å². The van der Waals surface area contributed by atoms with E-state index in [-0.39, 0.29) is 12.5 Å². The van der Waals surface area contributed by atoms with Gasteiger partial charge in [0.25, 0.3) is 0 Å². The summed E-state index contributed by atoms with van der Waals surface area (Å²) in [6.07, 6.45) is 1.69. The van der Waals surface area contributed by atoms with Crippen LogP contribution in [0.15, 0.2) is 6.20 Å². The van der Waals surface area contributed by atoms with Crippen LogP contribution in [0.2, 0.25) is 0 Å². The third kappa shape index (κ3) is 2.18. The maximum Gasteiger partial charge on any atom is 0.219 e. The zero-order valence-electron chi connectivity index (χ0n) is 6.36. The molecular formula is C6H10N4OS. The predicted molar refractivity (Wildman–Crippen MR) is 47.3 cm³/mol. The lowest BCUT2D eigenvalue weighted by molar-refractivity contribution is -0.118. The van der Waals surface area contributed by atoms with Gasteiger partial charge in [0.05, 0.1) is 0 Å². The molecule has 0 radical (unpaired) electrons. The van der Waals surface area contributed by atoms with Crippen LogP contribution in [0, 0.1) is 0 Å². The Labute approximate surface area is 73.6 Å². The largest absolute Gasteiger partial charge is 0.375 e. The number of amides is 1. The van der Waals surface area contributed by atoms with Crippen LogP contribution < -0.4 is 17.2 Å². The van der Waals surface area contributed by atoms with Gasteiger partial charge >= 0.3 is 0 Å². The molecular weight excluding hydrogens is 176 g/mol. The number of hydrogen-bond donors (Lipinski definition) is 3. The molecule has 1 rings (SSSR count). The van der Waals surface area contributed by atoms with Crippen molar-refractivity contribution in [3.8, 4) is 0 Å². The van der Waals surface area contributed by atoms with E-state index in [4.69, 9.17) is 17.2 Å². The van der Waals surface area contributed by atoms with E-state index in [9.17, 15) is 4.79 Å². The van der Waals surface area contributed by atoms with E-state index in [0.717, 1.165) is 4.88 Å². The molecule has 1 amide bonds. The molecule has 0 saturated heterocycles. The second kappa shape index (κ2) is 3.51. The van der Waals surface area contributed by atoms with Crippen molar-refractivity contribution >= 4 is 22.4 Å². The summed E-state index contributed by atoms with van der Waals surface area (Å²) in [5.41, 5.74) is 16.0. The molecule has 0 saturated carbocycles. The molecule has 0 bridgehead atoms. The maximum atomic E-state index is 10.5. The van der Waals surface area contributed by atoms with Crippen LogP contribution in [0.1, 0.15) is 17.3 Å². The molecule has 0 aliphatic rings. The van der Waals surface area contributed by atoms with E-state index in [1.807, 2.05) is 0 Å². The van der Waals surface area contributed by atoms with Crippen LogP contribution in [0.5, 0.6) is 0 Å². The van der Waals surface area contributed by atoms with E-state index < -0.39 is 5.91 Å². The quantitative estimate of drug-likeness (QED) is 0.596. The van der Waals surface area contributed by atoms with Gasteiger partial charge in [0.2, 0.25) is 5.91 Å². The first-order valence-corrected chi connectivity index (χ1v) is 4.16. The van der Waals surface area contributed by atoms with Gasteiger partial charge in [-0.3, -0.25) is 4.79 Å².